The summed E-state index contributed by atoms with van der Waals surface area (Å²) in [5.74, 6) is -0.888. The third kappa shape index (κ3) is 5.59. The van der Waals surface area contributed by atoms with Gasteiger partial charge in [-0.15, -0.1) is 0 Å². The third-order valence-electron chi connectivity index (χ3n) is 3.68. The topological polar surface area (TPSA) is 77.8 Å². The normalized spacial score (nSPS) is 24.9. The number of rotatable bonds is 4. The van der Waals surface area contributed by atoms with Crippen LogP contribution in [0.1, 0.15) is 52.9 Å². The van der Waals surface area contributed by atoms with Gasteiger partial charge in [-0.1, -0.05) is 13.8 Å². The van der Waals surface area contributed by atoms with Crippen LogP contribution in [-0.2, 0) is 9.59 Å². The smallest absolute Gasteiger partial charge is 0.303 e. The lowest BCUT2D eigenvalue weighted by Gasteiger charge is -2.27. The second-order valence-corrected chi connectivity index (χ2v) is 6.64. The standard InChI is InChI=1S/C14H25NO4/c1-13(2,10-12(17)18)9-11(16)15-7-4-5-14(3,19)6-8-15/h19H,4-10H2,1-3H3,(H,17,18). The van der Waals surface area contributed by atoms with Crippen molar-refractivity contribution in [3.8, 4) is 0 Å². The van der Waals surface area contributed by atoms with Crippen LogP contribution in [0.25, 0.3) is 0 Å². The van der Waals surface area contributed by atoms with Gasteiger partial charge in [0.2, 0.25) is 5.91 Å². The summed E-state index contributed by atoms with van der Waals surface area (Å²) in [5.41, 5.74) is -1.22. The van der Waals surface area contributed by atoms with Gasteiger partial charge in [0.25, 0.3) is 0 Å². The first kappa shape index (κ1) is 16.0. The molecule has 0 bridgehead atoms. The highest BCUT2D eigenvalue weighted by Gasteiger charge is 2.31. The molecule has 0 spiro atoms. The molecule has 5 nitrogen and oxygen atoms in total. The first-order chi connectivity index (χ1) is 8.61. The summed E-state index contributed by atoms with van der Waals surface area (Å²) in [4.78, 5) is 24.7. The van der Waals surface area contributed by atoms with Crippen molar-refractivity contribution >= 4 is 11.9 Å². The van der Waals surface area contributed by atoms with Crippen molar-refractivity contribution in [3.63, 3.8) is 0 Å². The van der Waals surface area contributed by atoms with Crippen molar-refractivity contribution in [3.05, 3.63) is 0 Å². The molecule has 1 aliphatic heterocycles. The Balaban J connectivity index is 2.56. The van der Waals surface area contributed by atoms with Crippen molar-refractivity contribution in [1.82, 2.24) is 4.90 Å². The minimum Gasteiger partial charge on any atom is -0.481 e. The average molecular weight is 271 g/mol. The van der Waals surface area contributed by atoms with Crippen molar-refractivity contribution in [2.24, 2.45) is 5.41 Å². The molecular weight excluding hydrogens is 246 g/mol. The van der Waals surface area contributed by atoms with E-state index < -0.39 is 17.0 Å². The lowest BCUT2D eigenvalue weighted by atomic mass is 9.85. The zero-order valence-electron chi connectivity index (χ0n) is 12.1. The molecule has 1 unspecified atom stereocenters. The summed E-state index contributed by atoms with van der Waals surface area (Å²) >= 11 is 0. The molecule has 0 aromatic carbocycles. The number of carbonyl (C=O) groups is 2. The van der Waals surface area contributed by atoms with E-state index in [-0.39, 0.29) is 18.7 Å². The Morgan fingerprint density at radius 2 is 1.84 bits per heavy atom. The van der Waals surface area contributed by atoms with Crippen LogP contribution in [0.4, 0.5) is 0 Å². The molecule has 1 amide bonds. The highest BCUT2D eigenvalue weighted by atomic mass is 16.4. The van der Waals surface area contributed by atoms with Gasteiger partial charge in [-0.3, -0.25) is 9.59 Å². The fourth-order valence-electron chi connectivity index (χ4n) is 2.51. The molecular formula is C14H25NO4. The Kier molecular flexibility index (Phi) is 4.96. The number of hydrogen-bond donors (Lipinski definition) is 2. The number of carbonyl (C=O) groups excluding carboxylic acids is 1. The van der Waals surface area contributed by atoms with Crippen LogP contribution in [0, 0.1) is 5.41 Å². The van der Waals surface area contributed by atoms with E-state index in [1.807, 2.05) is 0 Å². The molecule has 19 heavy (non-hydrogen) atoms. The Labute approximate surface area is 114 Å². The molecule has 0 radical (unpaired) electrons. The highest BCUT2D eigenvalue weighted by molar-refractivity contribution is 5.78. The van der Waals surface area contributed by atoms with Crippen molar-refractivity contribution < 1.29 is 19.8 Å². The minimum atomic E-state index is -0.878. The van der Waals surface area contributed by atoms with Gasteiger partial charge in [0.1, 0.15) is 0 Å². The van der Waals surface area contributed by atoms with Crippen molar-refractivity contribution in [2.45, 2.75) is 58.5 Å². The van der Waals surface area contributed by atoms with E-state index in [2.05, 4.69) is 0 Å². The van der Waals surface area contributed by atoms with E-state index in [0.29, 0.717) is 25.9 Å². The molecule has 0 aromatic rings. The monoisotopic (exact) mass is 271 g/mol. The molecule has 1 atom stereocenters. The Bertz CT molecular complexity index is 349. The second kappa shape index (κ2) is 5.90. The lowest BCUT2D eigenvalue weighted by Crippen LogP contribution is -2.36. The summed E-state index contributed by atoms with van der Waals surface area (Å²) in [6, 6.07) is 0. The fraction of sp³-hybridized carbons (Fsp3) is 0.857. The summed E-state index contributed by atoms with van der Waals surface area (Å²) in [5, 5.41) is 18.8. The number of likely N-dealkylation sites (tertiary alicyclic amines) is 1. The van der Waals surface area contributed by atoms with Gasteiger partial charge in [0, 0.05) is 19.5 Å². The summed E-state index contributed by atoms with van der Waals surface area (Å²) in [6.07, 6.45) is 2.30. The molecule has 1 aliphatic rings. The van der Waals surface area contributed by atoms with E-state index in [1.165, 1.54) is 0 Å². The summed E-state index contributed by atoms with van der Waals surface area (Å²) in [7, 11) is 0. The van der Waals surface area contributed by atoms with Crippen LogP contribution >= 0.6 is 0 Å². The Morgan fingerprint density at radius 3 is 2.42 bits per heavy atom. The van der Waals surface area contributed by atoms with E-state index in [4.69, 9.17) is 5.11 Å². The predicted octanol–water partition coefficient (Wildman–Crippen LogP) is 1.64. The maximum Gasteiger partial charge on any atom is 0.303 e. The summed E-state index contributed by atoms with van der Waals surface area (Å²) in [6.45, 7) is 6.60. The van der Waals surface area contributed by atoms with Gasteiger partial charge in [-0.2, -0.15) is 0 Å². The van der Waals surface area contributed by atoms with Crippen LogP contribution in [0.3, 0.4) is 0 Å². The van der Waals surface area contributed by atoms with Gasteiger partial charge in [0.15, 0.2) is 0 Å². The maximum absolute atomic E-state index is 12.2. The molecule has 1 rings (SSSR count). The van der Waals surface area contributed by atoms with Gasteiger partial charge >= 0.3 is 5.97 Å². The SMILES string of the molecule is CC(C)(CC(=O)O)CC(=O)N1CCCC(C)(O)CC1. The zero-order valence-corrected chi connectivity index (χ0v) is 12.1. The van der Waals surface area contributed by atoms with E-state index in [9.17, 15) is 14.7 Å². The zero-order chi connectivity index (χ0) is 14.7. The van der Waals surface area contributed by atoms with Crippen LogP contribution in [-0.4, -0.2) is 45.7 Å². The molecule has 1 fully saturated rings. The predicted molar refractivity (Wildman–Crippen MR) is 71.7 cm³/mol. The van der Waals surface area contributed by atoms with Crippen LogP contribution < -0.4 is 0 Å². The van der Waals surface area contributed by atoms with E-state index >= 15 is 0 Å². The molecule has 5 heteroatoms. The van der Waals surface area contributed by atoms with Crippen LogP contribution in [0.15, 0.2) is 0 Å². The maximum atomic E-state index is 12.2. The largest absolute Gasteiger partial charge is 0.481 e. The average Bonchev–Trinajstić information content (AvgIpc) is 2.36. The summed E-state index contributed by atoms with van der Waals surface area (Å²) < 4.78 is 0. The molecule has 0 saturated carbocycles. The molecule has 0 aliphatic carbocycles. The first-order valence-corrected chi connectivity index (χ1v) is 6.83. The third-order valence-corrected chi connectivity index (χ3v) is 3.68. The number of hydrogen-bond acceptors (Lipinski definition) is 3. The molecule has 0 aromatic heterocycles. The molecule has 2 N–H and O–H groups in total. The van der Waals surface area contributed by atoms with Crippen molar-refractivity contribution in [1.29, 1.82) is 0 Å². The van der Waals surface area contributed by atoms with Gasteiger partial charge < -0.3 is 15.1 Å². The van der Waals surface area contributed by atoms with Crippen LogP contribution in [0.5, 0.6) is 0 Å². The molecule has 1 heterocycles. The second-order valence-electron chi connectivity index (χ2n) is 6.64. The number of carboxylic acids is 1. The number of aliphatic hydroxyl groups is 1. The van der Waals surface area contributed by atoms with E-state index in [0.717, 1.165) is 6.42 Å². The van der Waals surface area contributed by atoms with Gasteiger partial charge in [0.05, 0.1) is 12.0 Å². The fourth-order valence-corrected chi connectivity index (χ4v) is 2.51. The minimum absolute atomic E-state index is 0.00963. The van der Waals surface area contributed by atoms with Crippen LogP contribution in [0.2, 0.25) is 0 Å². The highest BCUT2D eigenvalue weighted by Crippen LogP contribution is 2.28. The molecule has 1 saturated heterocycles. The van der Waals surface area contributed by atoms with Crippen molar-refractivity contribution in [2.75, 3.05) is 13.1 Å². The number of nitrogens with zero attached hydrogens (tertiary/aromatic N) is 1. The Hall–Kier alpha value is -1.10. The quantitative estimate of drug-likeness (QED) is 0.815. The van der Waals surface area contributed by atoms with E-state index in [1.54, 1.807) is 25.7 Å². The lowest BCUT2D eigenvalue weighted by molar-refractivity contribution is -0.140. The number of amides is 1. The van der Waals surface area contributed by atoms with Gasteiger partial charge in [-0.05, 0) is 31.6 Å². The number of carboxylic acid groups (broad SMARTS) is 1. The Morgan fingerprint density at radius 1 is 1.21 bits per heavy atom. The molecule has 110 valence electrons. The van der Waals surface area contributed by atoms with Gasteiger partial charge in [-0.25, -0.2) is 0 Å². The number of aliphatic carboxylic acids is 1. The first-order valence-electron chi connectivity index (χ1n) is 6.83.